The van der Waals surface area contributed by atoms with Gasteiger partial charge in [-0.1, -0.05) is 15.9 Å². The third kappa shape index (κ3) is 7.34. The van der Waals surface area contributed by atoms with Crippen LogP contribution < -0.4 is 10.6 Å². The van der Waals surface area contributed by atoms with E-state index < -0.39 is 53.4 Å². The summed E-state index contributed by atoms with van der Waals surface area (Å²) in [5, 5.41) is 13.0. The third-order valence-electron chi connectivity index (χ3n) is 2.91. The molecule has 0 saturated carbocycles. The van der Waals surface area contributed by atoms with E-state index in [1.165, 1.54) is 0 Å². The second-order valence-corrected chi connectivity index (χ2v) is 7.28. The number of amides is 2. The lowest BCUT2D eigenvalue weighted by Crippen LogP contribution is -2.46. The van der Waals surface area contributed by atoms with Gasteiger partial charge < -0.3 is 20.5 Å². The van der Waals surface area contributed by atoms with Crippen molar-refractivity contribution < 1.29 is 33.0 Å². The molecule has 0 aromatic heterocycles. The molecule has 0 spiro atoms. The van der Waals surface area contributed by atoms with Gasteiger partial charge in [0.05, 0.1) is 0 Å². The zero-order chi connectivity index (χ0) is 20.1. The van der Waals surface area contributed by atoms with Gasteiger partial charge in [-0.05, 0) is 39.3 Å². The van der Waals surface area contributed by atoms with Crippen molar-refractivity contribution in [3.8, 4) is 0 Å². The highest BCUT2D eigenvalue weighted by atomic mass is 79.9. The number of carbonyl (C=O) groups is 3. The van der Waals surface area contributed by atoms with Gasteiger partial charge in [0.15, 0.2) is 11.6 Å². The van der Waals surface area contributed by atoms with Crippen molar-refractivity contribution in [1.29, 1.82) is 0 Å². The van der Waals surface area contributed by atoms with E-state index in [0.29, 0.717) is 0 Å². The molecule has 1 aromatic rings. The van der Waals surface area contributed by atoms with Crippen molar-refractivity contribution in [3.05, 3.63) is 28.2 Å². The molecule has 2 amide bonds. The van der Waals surface area contributed by atoms with Crippen LogP contribution in [-0.2, 0) is 14.3 Å². The molecule has 7 nitrogen and oxygen atoms in total. The Bertz CT molecular complexity index is 683. The van der Waals surface area contributed by atoms with E-state index in [1.807, 2.05) is 5.32 Å². The number of ether oxygens (including phenoxy) is 1. The number of carbonyl (C=O) groups excluding carboxylic acids is 2. The highest BCUT2D eigenvalue weighted by Gasteiger charge is 2.26. The molecule has 0 bridgehead atoms. The van der Waals surface area contributed by atoms with E-state index in [4.69, 9.17) is 9.84 Å². The fraction of sp³-hybridized carbons (Fsp3) is 0.438. The molecule has 1 atom stereocenters. The molecule has 0 saturated heterocycles. The number of anilines is 1. The van der Waals surface area contributed by atoms with E-state index in [-0.39, 0.29) is 10.9 Å². The summed E-state index contributed by atoms with van der Waals surface area (Å²) in [4.78, 5) is 34.9. The highest BCUT2D eigenvalue weighted by molar-refractivity contribution is 9.10. The number of nitrogens with one attached hydrogen (secondary N) is 2. The van der Waals surface area contributed by atoms with Crippen molar-refractivity contribution in [2.45, 2.75) is 45.3 Å². The highest BCUT2D eigenvalue weighted by Crippen LogP contribution is 2.24. The summed E-state index contributed by atoms with van der Waals surface area (Å²) in [5.74, 6) is -4.23. The second kappa shape index (κ2) is 8.93. The topological polar surface area (TPSA) is 105 Å². The summed E-state index contributed by atoms with van der Waals surface area (Å²) < 4.78 is 32.8. The summed E-state index contributed by atoms with van der Waals surface area (Å²) in [6.07, 6.45) is -1.70. The summed E-state index contributed by atoms with van der Waals surface area (Å²) in [6, 6.07) is 0.543. The van der Waals surface area contributed by atoms with E-state index in [2.05, 4.69) is 21.2 Å². The van der Waals surface area contributed by atoms with Crippen LogP contribution in [0.3, 0.4) is 0 Å². The molecule has 3 N–H and O–H groups in total. The van der Waals surface area contributed by atoms with Crippen molar-refractivity contribution in [2.75, 3.05) is 5.32 Å². The fourth-order valence-corrected chi connectivity index (χ4v) is 2.26. The lowest BCUT2D eigenvalue weighted by molar-refractivity contribution is -0.137. The van der Waals surface area contributed by atoms with Crippen LogP contribution in [0.25, 0.3) is 0 Å². The Hall–Kier alpha value is -2.23. The Morgan fingerprint density at radius 2 is 1.77 bits per heavy atom. The number of carboxylic acid groups (broad SMARTS) is 1. The van der Waals surface area contributed by atoms with Gasteiger partial charge in [-0.25, -0.2) is 13.6 Å². The zero-order valence-electron chi connectivity index (χ0n) is 14.4. The number of hydrogen-bond donors (Lipinski definition) is 3. The Balaban J connectivity index is 2.94. The predicted octanol–water partition coefficient (Wildman–Crippen LogP) is 3.42. The first-order valence-corrected chi connectivity index (χ1v) is 8.35. The minimum Gasteiger partial charge on any atom is -0.481 e. The molecule has 0 aliphatic carbocycles. The smallest absolute Gasteiger partial charge is 0.408 e. The average molecular weight is 437 g/mol. The van der Waals surface area contributed by atoms with Crippen LogP contribution in [-0.4, -0.2) is 34.7 Å². The number of hydrogen-bond acceptors (Lipinski definition) is 4. The molecular weight excluding hydrogens is 418 g/mol. The molecule has 1 unspecified atom stereocenters. The van der Waals surface area contributed by atoms with Gasteiger partial charge in [0, 0.05) is 10.9 Å². The van der Waals surface area contributed by atoms with Crippen LogP contribution in [0.4, 0.5) is 19.3 Å². The van der Waals surface area contributed by atoms with E-state index in [0.717, 1.165) is 12.1 Å². The quantitative estimate of drug-likeness (QED) is 0.633. The van der Waals surface area contributed by atoms with Crippen LogP contribution in [0.1, 0.15) is 33.6 Å². The van der Waals surface area contributed by atoms with Gasteiger partial charge in [0.25, 0.3) is 0 Å². The molecule has 26 heavy (non-hydrogen) atoms. The second-order valence-electron chi connectivity index (χ2n) is 6.36. The van der Waals surface area contributed by atoms with Crippen LogP contribution >= 0.6 is 15.9 Å². The molecule has 10 heteroatoms. The van der Waals surface area contributed by atoms with E-state index in [9.17, 15) is 23.2 Å². The maximum Gasteiger partial charge on any atom is 0.408 e. The molecule has 1 rings (SSSR count). The number of benzene rings is 1. The van der Waals surface area contributed by atoms with Gasteiger partial charge in [0.2, 0.25) is 5.91 Å². The Labute approximate surface area is 157 Å². The fourth-order valence-electron chi connectivity index (χ4n) is 1.86. The summed E-state index contributed by atoms with van der Waals surface area (Å²) in [7, 11) is 0. The SMILES string of the molecule is CC(C)(C)OC(=O)NC(CCC(=O)O)C(=O)Nc1c(F)cc(Br)cc1F. The minimum absolute atomic E-state index is 0.139. The first-order chi connectivity index (χ1) is 11.9. The monoisotopic (exact) mass is 436 g/mol. The number of alkyl carbamates (subject to hydrolysis) is 1. The molecule has 0 aliphatic heterocycles. The van der Waals surface area contributed by atoms with Gasteiger partial charge in [-0.2, -0.15) is 0 Å². The summed E-state index contributed by atoms with van der Waals surface area (Å²) >= 11 is 2.91. The molecular formula is C16H19BrF2N2O5. The van der Waals surface area contributed by atoms with Crippen LogP contribution in [0.2, 0.25) is 0 Å². The maximum absolute atomic E-state index is 13.8. The maximum atomic E-state index is 13.8. The summed E-state index contributed by atoms with van der Waals surface area (Å²) in [6.45, 7) is 4.81. The lowest BCUT2D eigenvalue weighted by atomic mass is 10.1. The average Bonchev–Trinajstić information content (AvgIpc) is 2.44. The first kappa shape index (κ1) is 21.8. The Morgan fingerprint density at radius 3 is 2.23 bits per heavy atom. The number of rotatable bonds is 6. The van der Waals surface area contributed by atoms with Gasteiger partial charge in [-0.15, -0.1) is 0 Å². The van der Waals surface area contributed by atoms with E-state index in [1.54, 1.807) is 20.8 Å². The van der Waals surface area contributed by atoms with Gasteiger partial charge in [-0.3, -0.25) is 9.59 Å². The zero-order valence-corrected chi connectivity index (χ0v) is 15.9. The molecule has 0 aliphatic rings. The Kier molecular flexibility index (Phi) is 7.49. The van der Waals surface area contributed by atoms with Gasteiger partial charge in [0.1, 0.15) is 17.3 Å². The van der Waals surface area contributed by atoms with Gasteiger partial charge >= 0.3 is 12.1 Å². The van der Waals surface area contributed by atoms with Crippen molar-refractivity contribution >= 4 is 39.6 Å². The predicted molar refractivity (Wildman–Crippen MR) is 92.7 cm³/mol. The molecule has 0 fully saturated rings. The first-order valence-electron chi connectivity index (χ1n) is 7.56. The minimum atomic E-state index is -1.36. The normalized spacial score (nSPS) is 12.2. The standard InChI is InChI=1S/C16H19BrF2N2O5/c1-16(2,3)26-15(25)20-11(4-5-12(22)23)14(24)21-13-9(18)6-8(17)7-10(13)19/h6-7,11H,4-5H2,1-3H3,(H,20,25)(H,21,24)(H,22,23). The van der Waals surface area contributed by atoms with Crippen molar-refractivity contribution in [1.82, 2.24) is 5.32 Å². The number of halogens is 3. The number of aliphatic carboxylic acids is 1. The van der Waals surface area contributed by atoms with Crippen molar-refractivity contribution in [2.24, 2.45) is 0 Å². The third-order valence-corrected chi connectivity index (χ3v) is 3.37. The lowest BCUT2D eigenvalue weighted by Gasteiger charge is -2.23. The van der Waals surface area contributed by atoms with Crippen LogP contribution in [0, 0.1) is 11.6 Å². The largest absolute Gasteiger partial charge is 0.481 e. The van der Waals surface area contributed by atoms with Crippen LogP contribution in [0.15, 0.2) is 16.6 Å². The molecule has 1 aromatic carbocycles. The van der Waals surface area contributed by atoms with Crippen molar-refractivity contribution in [3.63, 3.8) is 0 Å². The Morgan fingerprint density at radius 1 is 1.23 bits per heavy atom. The number of carboxylic acids is 1. The van der Waals surface area contributed by atoms with E-state index >= 15 is 0 Å². The molecule has 0 heterocycles. The molecule has 0 radical (unpaired) electrons. The molecule has 144 valence electrons. The summed E-state index contributed by atoms with van der Waals surface area (Å²) in [5.41, 5.74) is -1.55. The van der Waals surface area contributed by atoms with Crippen LogP contribution in [0.5, 0.6) is 0 Å².